The molecule has 6 rings (SSSR count). The summed E-state index contributed by atoms with van der Waals surface area (Å²) >= 11 is 6.93. The van der Waals surface area contributed by atoms with E-state index in [-0.39, 0.29) is 11.6 Å². The van der Waals surface area contributed by atoms with Crippen molar-refractivity contribution in [2.45, 2.75) is 13.1 Å². The molecule has 2 aromatic heterocycles. The summed E-state index contributed by atoms with van der Waals surface area (Å²) in [7, 11) is 0. The van der Waals surface area contributed by atoms with E-state index < -0.39 is 11.8 Å². The monoisotopic (exact) mass is 692 g/mol. The fourth-order valence-corrected chi connectivity index (χ4v) is 5.82. The van der Waals surface area contributed by atoms with Gasteiger partial charge in [0.25, 0.3) is 11.8 Å². The number of aromatic nitrogens is 2. The molecule has 0 saturated carbocycles. The van der Waals surface area contributed by atoms with Gasteiger partial charge in [0.1, 0.15) is 23.0 Å². The number of benzene rings is 4. The summed E-state index contributed by atoms with van der Waals surface area (Å²) in [4.78, 5) is 23.3. The number of nitrogens with zero attached hydrogens (tertiary/aromatic N) is 2. The number of halogens is 4. The molecule has 0 atom stereocenters. The third-order valence-corrected chi connectivity index (χ3v) is 8.13. The number of primary amides is 2. The Balaban J connectivity index is 0.000000168. The molecule has 4 aromatic carbocycles. The maximum atomic E-state index is 13.3. The summed E-state index contributed by atoms with van der Waals surface area (Å²) < 4.78 is 32.0. The lowest BCUT2D eigenvalue weighted by atomic mass is 10.2. The van der Waals surface area contributed by atoms with Gasteiger partial charge >= 0.3 is 0 Å². The minimum atomic E-state index is -0.505. The van der Waals surface area contributed by atoms with Crippen molar-refractivity contribution in [3.63, 3.8) is 0 Å². The smallest absolute Gasteiger partial charge is 0.265 e. The van der Waals surface area contributed by atoms with Gasteiger partial charge in [0.2, 0.25) is 0 Å². The van der Waals surface area contributed by atoms with E-state index in [1.165, 1.54) is 24.3 Å². The number of amides is 2. The molecule has 0 aliphatic heterocycles. The van der Waals surface area contributed by atoms with Crippen molar-refractivity contribution in [3.8, 4) is 0 Å². The highest BCUT2D eigenvalue weighted by Gasteiger charge is 2.16. The van der Waals surface area contributed by atoms with Crippen molar-refractivity contribution in [1.29, 1.82) is 0 Å². The van der Waals surface area contributed by atoms with Gasteiger partial charge < -0.3 is 20.6 Å². The number of carbonyl (C=O) groups is 2. The molecule has 2 amide bonds. The van der Waals surface area contributed by atoms with E-state index in [0.717, 1.165) is 41.9 Å². The SMILES string of the molecule is NC(=O)c1cc2c(Br)cccc2n1Cc1cccc(F)c1.NC(=O)c1cc2c(Br)cccc2n1Cc1cccc(F)c1. The van der Waals surface area contributed by atoms with Crippen LogP contribution in [0.25, 0.3) is 21.8 Å². The third kappa shape index (κ3) is 6.14. The molecule has 0 bridgehead atoms. The Bertz CT molecular complexity index is 1820. The van der Waals surface area contributed by atoms with Gasteiger partial charge in [-0.2, -0.15) is 0 Å². The molecule has 0 spiro atoms. The van der Waals surface area contributed by atoms with Crippen LogP contribution in [0.1, 0.15) is 32.1 Å². The van der Waals surface area contributed by atoms with E-state index in [1.54, 1.807) is 33.4 Å². The Morgan fingerprint density at radius 1 is 0.595 bits per heavy atom. The number of nitrogens with two attached hydrogens (primary N) is 2. The highest BCUT2D eigenvalue weighted by Crippen LogP contribution is 2.29. The number of hydrogen-bond donors (Lipinski definition) is 2. The van der Waals surface area contributed by atoms with Crippen LogP contribution in [0.5, 0.6) is 0 Å². The van der Waals surface area contributed by atoms with Crippen LogP contribution in [0.3, 0.4) is 0 Å². The second-order valence-corrected chi connectivity index (χ2v) is 11.3. The molecule has 6 aromatic rings. The fourth-order valence-electron chi connectivity index (χ4n) is 4.88. The first-order chi connectivity index (χ1) is 20.1. The van der Waals surface area contributed by atoms with Gasteiger partial charge in [-0.3, -0.25) is 9.59 Å². The van der Waals surface area contributed by atoms with E-state index in [1.807, 2.05) is 48.5 Å². The normalized spacial score (nSPS) is 11.0. The lowest BCUT2D eigenvalue weighted by Gasteiger charge is -2.09. The summed E-state index contributed by atoms with van der Waals surface area (Å²) in [6, 6.07) is 27.5. The maximum absolute atomic E-state index is 13.3. The molecule has 10 heteroatoms. The van der Waals surface area contributed by atoms with Gasteiger partial charge in [-0.25, -0.2) is 8.78 Å². The maximum Gasteiger partial charge on any atom is 0.265 e. The highest BCUT2D eigenvalue weighted by molar-refractivity contribution is 9.11. The molecule has 0 aliphatic carbocycles. The molecular weight excluding hydrogens is 670 g/mol. The van der Waals surface area contributed by atoms with Crippen molar-refractivity contribution < 1.29 is 18.4 Å². The van der Waals surface area contributed by atoms with E-state index in [2.05, 4.69) is 31.9 Å². The van der Waals surface area contributed by atoms with E-state index in [0.29, 0.717) is 24.5 Å². The number of fused-ring (bicyclic) bond motifs is 2. The molecule has 0 unspecified atom stereocenters. The molecule has 0 fully saturated rings. The quantitative estimate of drug-likeness (QED) is 0.190. The van der Waals surface area contributed by atoms with Crippen LogP contribution < -0.4 is 11.5 Å². The van der Waals surface area contributed by atoms with Gasteiger partial charge in [0.05, 0.1) is 11.0 Å². The highest BCUT2D eigenvalue weighted by atomic mass is 79.9. The summed E-state index contributed by atoms with van der Waals surface area (Å²) in [5, 5.41) is 1.81. The van der Waals surface area contributed by atoms with Crippen LogP contribution in [-0.2, 0) is 13.1 Å². The Morgan fingerprint density at radius 3 is 1.33 bits per heavy atom. The average molecular weight is 694 g/mol. The Labute approximate surface area is 256 Å². The van der Waals surface area contributed by atoms with E-state index >= 15 is 0 Å². The first-order valence-corrected chi connectivity index (χ1v) is 14.3. The predicted octanol–water partition coefficient (Wildman–Crippen LogP) is 7.38. The minimum absolute atomic E-state index is 0.300. The second-order valence-electron chi connectivity index (χ2n) is 9.57. The van der Waals surface area contributed by atoms with E-state index in [9.17, 15) is 18.4 Å². The van der Waals surface area contributed by atoms with E-state index in [4.69, 9.17) is 11.5 Å². The molecule has 2 heterocycles. The number of carbonyl (C=O) groups excluding carboxylic acids is 2. The molecular formula is C32H24Br2F2N4O2. The molecule has 42 heavy (non-hydrogen) atoms. The third-order valence-electron chi connectivity index (χ3n) is 6.75. The predicted molar refractivity (Wildman–Crippen MR) is 167 cm³/mol. The zero-order valence-corrected chi connectivity index (χ0v) is 25.2. The summed E-state index contributed by atoms with van der Waals surface area (Å²) in [5.41, 5.74) is 15.0. The number of hydrogen-bond acceptors (Lipinski definition) is 2. The van der Waals surface area contributed by atoms with Crippen LogP contribution in [0.4, 0.5) is 8.78 Å². The summed E-state index contributed by atoms with van der Waals surface area (Å²) in [6.45, 7) is 0.770. The zero-order chi connectivity index (χ0) is 30.0. The van der Waals surface area contributed by atoms with Crippen molar-refractivity contribution in [1.82, 2.24) is 9.13 Å². The Hall–Kier alpha value is -4.28. The van der Waals surface area contributed by atoms with Gasteiger partial charge in [0.15, 0.2) is 0 Å². The lowest BCUT2D eigenvalue weighted by Crippen LogP contribution is -2.17. The average Bonchev–Trinajstić information content (AvgIpc) is 3.50. The first-order valence-electron chi connectivity index (χ1n) is 12.8. The fraction of sp³-hybridized carbons (Fsp3) is 0.0625. The number of rotatable bonds is 6. The molecule has 0 saturated heterocycles. The topological polar surface area (TPSA) is 96.0 Å². The van der Waals surface area contributed by atoms with Crippen LogP contribution >= 0.6 is 31.9 Å². The Morgan fingerprint density at radius 2 is 0.976 bits per heavy atom. The van der Waals surface area contributed by atoms with Gasteiger partial charge in [-0.1, -0.05) is 68.3 Å². The first kappa shape index (κ1) is 29.2. The van der Waals surface area contributed by atoms with Crippen LogP contribution in [0, 0.1) is 11.6 Å². The molecule has 0 radical (unpaired) electrons. The minimum Gasteiger partial charge on any atom is -0.364 e. The largest absolute Gasteiger partial charge is 0.364 e. The van der Waals surface area contributed by atoms with Gasteiger partial charge in [0, 0.05) is 32.8 Å². The van der Waals surface area contributed by atoms with Crippen molar-refractivity contribution in [2.75, 3.05) is 0 Å². The zero-order valence-electron chi connectivity index (χ0n) is 22.0. The van der Waals surface area contributed by atoms with Crippen molar-refractivity contribution in [3.05, 3.63) is 140 Å². The molecule has 6 nitrogen and oxygen atoms in total. The standard InChI is InChI=1S/2C16H12BrFN2O/c2*17-13-5-2-6-14-12(13)8-15(16(19)21)20(14)9-10-3-1-4-11(18)7-10/h2*1-8H,9H2,(H2,19,21). The lowest BCUT2D eigenvalue weighted by molar-refractivity contribution is 0.0984. The molecule has 212 valence electrons. The Kier molecular flexibility index (Phi) is 8.56. The van der Waals surface area contributed by atoms with Crippen LogP contribution in [0.15, 0.2) is 106 Å². The van der Waals surface area contributed by atoms with Crippen molar-refractivity contribution in [2.24, 2.45) is 11.5 Å². The van der Waals surface area contributed by atoms with Crippen molar-refractivity contribution >= 4 is 65.5 Å². The van der Waals surface area contributed by atoms with Crippen LogP contribution in [0.2, 0.25) is 0 Å². The summed E-state index contributed by atoms with van der Waals surface area (Å²) in [6.07, 6.45) is 0. The van der Waals surface area contributed by atoms with Gasteiger partial charge in [-0.05, 0) is 71.8 Å². The molecule has 0 aliphatic rings. The second kappa shape index (κ2) is 12.3. The summed E-state index contributed by atoms with van der Waals surface area (Å²) in [5.74, 6) is -1.61. The van der Waals surface area contributed by atoms with Gasteiger partial charge in [-0.15, -0.1) is 0 Å². The van der Waals surface area contributed by atoms with Crippen LogP contribution in [-0.4, -0.2) is 20.9 Å². The molecule has 4 N–H and O–H groups in total.